The molecule has 0 spiro atoms. The topological polar surface area (TPSA) is 90.2 Å². The zero-order valence-corrected chi connectivity index (χ0v) is 13.4. The zero-order valence-electron chi connectivity index (χ0n) is 11.8. The summed E-state index contributed by atoms with van der Waals surface area (Å²) in [6.07, 6.45) is -3.26. The SMILES string of the molecule is O=C(O[C@H]1CN2CC[C@H](O)[C@@H]2[C@@H](O)[C@@H]1O)c1ccc(Br)cc1. The number of halogens is 1. The van der Waals surface area contributed by atoms with E-state index in [2.05, 4.69) is 15.9 Å². The lowest BCUT2D eigenvalue weighted by molar-refractivity contribution is -0.143. The largest absolute Gasteiger partial charge is 0.455 e. The van der Waals surface area contributed by atoms with Crippen LogP contribution in [0.5, 0.6) is 0 Å². The quantitative estimate of drug-likeness (QED) is 0.641. The molecule has 2 saturated heterocycles. The maximum absolute atomic E-state index is 12.1. The van der Waals surface area contributed by atoms with Gasteiger partial charge in [-0.05, 0) is 30.7 Å². The summed E-state index contributed by atoms with van der Waals surface area (Å²) in [5.74, 6) is -0.540. The van der Waals surface area contributed by atoms with Gasteiger partial charge in [-0.15, -0.1) is 0 Å². The first kappa shape index (κ1) is 15.9. The summed E-state index contributed by atoms with van der Waals surface area (Å²) >= 11 is 3.29. The fourth-order valence-corrected chi connectivity index (χ4v) is 3.44. The molecule has 2 aliphatic heterocycles. The Hall–Kier alpha value is -0.990. The van der Waals surface area contributed by atoms with Gasteiger partial charge in [0.1, 0.15) is 18.3 Å². The van der Waals surface area contributed by atoms with Crippen molar-refractivity contribution in [2.45, 2.75) is 36.9 Å². The Morgan fingerprint density at radius 1 is 1.18 bits per heavy atom. The third-order valence-electron chi connectivity index (χ3n) is 4.36. The van der Waals surface area contributed by atoms with E-state index in [0.717, 1.165) is 4.47 Å². The van der Waals surface area contributed by atoms with Crippen molar-refractivity contribution in [3.63, 3.8) is 0 Å². The van der Waals surface area contributed by atoms with Gasteiger partial charge in [0.05, 0.1) is 17.7 Å². The van der Waals surface area contributed by atoms with Crippen molar-refractivity contribution in [2.75, 3.05) is 13.1 Å². The Morgan fingerprint density at radius 3 is 2.55 bits per heavy atom. The Morgan fingerprint density at radius 2 is 1.86 bits per heavy atom. The summed E-state index contributed by atoms with van der Waals surface area (Å²) in [7, 11) is 0. The average Bonchev–Trinajstić information content (AvgIpc) is 2.86. The van der Waals surface area contributed by atoms with E-state index in [9.17, 15) is 20.1 Å². The Kier molecular flexibility index (Phi) is 4.52. The number of piperidine rings is 1. The first-order chi connectivity index (χ1) is 10.5. The fraction of sp³-hybridized carbons (Fsp3) is 0.533. The number of carbonyl (C=O) groups excluding carboxylic acids is 1. The summed E-state index contributed by atoms with van der Waals surface area (Å²) in [6, 6.07) is 6.23. The standard InChI is InChI=1S/C15H18BrNO5/c16-9-3-1-8(2-4-9)15(21)22-11-7-17-6-5-10(18)12(17)14(20)13(11)19/h1-4,10-14,18-20H,5-7H2/t10-,11-,12+,13+,14+/m0/s1. The second kappa shape index (κ2) is 6.25. The summed E-state index contributed by atoms with van der Waals surface area (Å²) in [5, 5.41) is 30.2. The average molecular weight is 372 g/mol. The van der Waals surface area contributed by atoms with Gasteiger partial charge in [0.2, 0.25) is 0 Å². The highest BCUT2D eigenvalue weighted by Gasteiger charge is 2.49. The van der Waals surface area contributed by atoms with Crippen LogP contribution in [0.4, 0.5) is 0 Å². The van der Waals surface area contributed by atoms with Crippen molar-refractivity contribution in [1.29, 1.82) is 0 Å². The molecule has 3 rings (SSSR count). The maximum Gasteiger partial charge on any atom is 0.338 e. The van der Waals surface area contributed by atoms with E-state index in [-0.39, 0.29) is 0 Å². The van der Waals surface area contributed by atoms with Gasteiger partial charge < -0.3 is 20.1 Å². The van der Waals surface area contributed by atoms with Crippen molar-refractivity contribution >= 4 is 21.9 Å². The number of hydrogen-bond acceptors (Lipinski definition) is 6. The summed E-state index contributed by atoms with van der Waals surface area (Å²) in [6.45, 7) is 0.921. The molecule has 1 aromatic carbocycles. The number of ether oxygens (including phenoxy) is 1. The number of fused-ring (bicyclic) bond motifs is 1. The highest BCUT2D eigenvalue weighted by Crippen LogP contribution is 2.29. The zero-order chi connectivity index (χ0) is 15.9. The molecule has 0 aliphatic carbocycles. The number of rotatable bonds is 2. The second-order valence-corrected chi connectivity index (χ2v) is 6.69. The molecule has 2 fully saturated rings. The molecule has 0 radical (unpaired) electrons. The third-order valence-corrected chi connectivity index (χ3v) is 4.89. The number of aliphatic hydroxyl groups is 3. The highest BCUT2D eigenvalue weighted by molar-refractivity contribution is 9.10. The van der Waals surface area contributed by atoms with Crippen LogP contribution in [0.3, 0.4) is 0 Å². The van der Waals surface area contributed by atoms with Crippen LogP contribution in [-0.2, 0) is 4.74 Å². The van der Waals surface area contributed by atoms with E-state index in [1.54, 1.807) is 24.3 Å². The number of aliphatic hydroxyl groups excluding tert-OH is 3. The van der Waals surface area contributed by atoms with Crippen LogP contribution in [0.2, 0.25) is 0 Å². The highest BCUT2D eigenvalue weighted by atomic mass is 79.9. The van der Waals surface area contributed by atoms with Crippen molar-refractivity contribution in [3.8, 4) is 0 Å². The first-order valence-electron chi connectivity index (χ1n) is 7.22. The summed E-state index contributed by atoms with van der Waals surface area (Å²) < 4.78 is 6.21. The van der Waals surface area contributed by atoms with Gasteiger partial charge in [-0.25, -0.2) is 4.79 Å². The number of benzene rings is 1. The molecule has 1 aromatic rings. The van der Waals surface area contributed by atoms with E-state index in [1.807, 2.05) is 4.90 Å². The predicted octanol–water partition coefficient (Wildman–Crippen LogP) is 0.145. The minimum atomic E-state index is -1.20. The summed E-state index contributed by atoms with van der Waals surface area (Å²) in [5.41, 5.74) is 0.383. The van der Waals surface area contributed by atoms with Crippen LogP contribution in [0.1, 0.15) is 16.8 Å². The normalized spacial score (nSPS) is 35.2. The predicted molar refractivity (Wildman–Crippen MR) is 81.3 cm³/mol. The van der Waals surface area contributed by atoms with Gasteiger partial charge in [-0.3, -0.25) is 4.90 Å². The van der Waals surface area contributed by atoms with Crippen molar-refractivity contribution in [2.24, 2.45) is 0 Å². The Bertz CT molecular complexity index is 551. The molecule has 5 atom stereocenters. The lowest BCUT2D eigenvalue weighted by Gasteiger charge is -2.42. The van der Waals surface area contributed by atoms with E-state index in [0.29, 0.717) is 25.1 Å². The molecule has 2 aliphatic rings. The molecule has 120 valence electrons. The lowest BCUT2D eigenvalue weighted by Crippen LogP contribution is -2.62. The van der Waals surface area contributed by atoms with Crippen molar-refractivity contribution in [3.05, 3.63) is 34.3 Å². The first-order valence-corrected chi connectivity index (χ1v) is 8.01. The van der Waals surface area contributed by atoms with Gasteiger partial charge in [0, 0.05) is 17.6 Å². The van der Waals surface area contributed by atoms with Gasteiger partial charge in [0.15, 0.2) is 0 Å². The van der Waals surface area contributed by atoms with Crippen molar-refractivity contribution in [1.82, 2.24) is 4.90 Å². The Balaban J connectivity index is 1.70. The minimum Gasteiger partial charge on any atom is -0.455 e. The number of carbonyl (C=O) groups is 1. The molecule has 0 aromatic heterocycles. The van der Waals surface area contributed by atoms with E-state index in [4.69, 9.17) is 4.74 Å². The van der Waals surface area contributed by atoms with E-state index >= 15 is 0 Å². The van der Waals surface area contributed by atoms with E-state index in [1.165, 1.54) is 0 Å². The molecule has 2 heterocycles. The summed E-state index contributed by atoms with van der Waals surface area (Å²) in [4.78, 5) is 14.0. The van der Waals surface area contributed by atoms with Crippen molar-refractivity contribution < 1.29 is 24.9 Å². The molecule has 6 nitrogen and oxygen atoms in total. The van der Waals surface area contributed by atoms with E-state index < -0.39 is 36.4 Å². The van der Waals surface area contributed by atoms with Crippen LogP contribution in [0, 0.1) is 0 Å². The smallest absolute Gasteiger partial charge is 0.338 e. The van der Waals surface area contributed by atoms with Gasteiger partial charge >= 0.3 is 5.97 Å². The van der Waals surface area contributed by atoms with Crippen LogP contribution in [0.15, 0.2) is 28.7 Å². The van der Waals surface area contributed by atoms with Crippen LogP contribution < -0.4 is 0 Å². The van der Waals surface area contributed by atoms with Crippen LogP contribution in [-0.4, -0.2) is 69.7 Å². The molecule has 22 heavy (non-hydrogen) atoms. The maximum atomic E-state index is 12.1. The van der Waals surface area contributed by atoms with Gasteiger partial charge in [-0.2, -0.15) is 0 Å². The third kappa shape index (κ3) is 2.91. The Labute approximate surface area is 136 Å². The van der Waals surface area contributed by atoms with Crippen LogP contribution in [0.25, 0.3) is 0 Å². The lowest BCUT2D eigenvalue weighted by atomic mass is 9.93. The van der Waals surface area contributed by atoms with Gasteiger partial charge in [0.25, 0.3) is 0 Å². The molecular formula is C15H18BrNO5. The molecule has 7 heteroatoms. The molecule has 0 bridgehead atoms. The molecule has 0 unspecified atom stereocenters. The van der Waals surface area contributed by atoms with Gasteiger partial charge in [-0.1, -0.05) is 15.9 Å². The molecular weight excluding hydrogens is 354 g/mol. The van der Waals surface area contributed by atoms with Crippen LogP contribution >= 0.6 is 15.9 Å². The monoisotopic (exact) mass is 371 g/mol. The fourth-order valence-electron chi connectivity index (χ4n) is 3.18. The minimum absolute atomic E-state index is 0.308. The molecule has 0 saturated carbocycles. The molecule has 0 amide bonds. The number of esters is 1. The number of hydrogen-bond donors (Lipinski definition) is 3. The number of nitrogens with zero attached hydrogens (tertiary/aromatic N) is 1. The molecule has 3 N–H and O–H groups in total. The second-order valence-electron chi connectivity index (χ2n) is 5.77.